The second-order valence-corrected chi connectivity index (χ2v) is 8.58. The van der Waals surface area contributed by atoms with E-state index in [2.05, 4.69) is 26.3 Å². The van der Waals surface area contributed by atoms with Crippen LogP contribution in [0.4, 0.5) is 0 Å². The van der Waals surface area contributed by atoms with Gasteiger partial charge in [-0.2, -0.15) is 10.1 Å². The molecule has 1 N–H and O–H groups in total. The van der Waals surface area contributed by atoms with E-state index in [1.54, 1.807) is 0 Å². The van der Waals surface area contributed by atoms with E-state index in [9.17, 15) is 4.57 Å². The van der Waals surface area contributed by atoms with Crippen LogP contribution in [0.1, 0.15) is 111 Å². The van der Waals surface area contributed by atoms with Gasteiger partial charge in [-0.15, -0.1) is 0 Å². The lowest BCUT2D eigenvalue weighted by Gasteiger charge is -2.17. The van der Waals surface area contributed by atoms with Crippen LogP contribution in [0.5, 0.6) is 0 Å². The summed E-state index contributed by atoms with van der Waals surface area (Å²) in [6.45, 7) is 7.87. The summed E-state index contributed by atoms with van der Waals surface area (Å²) in [6.07, 6.45) is 16.6. The molecule has 0 aliphatic rings. The van der Waals surface area contributed by atoms with Gasteiger partial charge in [-0.25, -0.2) is 4.57 Å². The van der Waals surface area contributed by atoms with Gasteiger partial charge >= 0.3 is 7.82 Å². The first-order chi connectivity index (χ1) is 12.7. The molecule has 0 amide bonds. The van der Waals surface area contributed by atoms with Crippen LogP contribution in [0.2, 0.25) is 0 Å². The standard InChI is InChI=1S/C20H44NO4P/c1-4-7-10-11-12-13-14-15-16-17-18-21-25-26(22,23-19-8-5-2)24-20-9-6-3/h21H,4-20H2,1-3H3. The van der Waals surface area contributed by atoms with Crippen molar-refractivity contribution in [3.63, 3.8) is 0 Å². The molecule has 0 fully saturated rings. The van der Waals surface area contributed by atoms with Crippen molar-refractivity contribution in [1.29, 1.82) is 0 Å². The minimum absolute atomic E-state index is 0.403. The van der Waals surface area contributed by atoms with Gasteiger partial charge in [-0.1, -0.05) is 91.4 Å². The lowest BCUT2D eigenvalue weighted by molar-refractivity contribution is 0.0694. The molecular weight excluding hydrogens is 349 g/mol. The molecule has 0 spiro atoms. The molecule has 0 aromatic heterocycles. The zero-order valence-electron chi connectivity index (χ0n) is 17.6. The van der Waals surface area contributed by atoms with E-state index in [0.717, 1.165) is 32.1 Å². The fraction of sp³-hybridized carbons (Fsp3) is 1.00. The Morgan fingerprint density at radius 2 is 1.04 bits per heavy atom. The Bertz CT molecular complexity index is 315. The topological polar surface area (TPSA) is 56.8 Å². The molecule has 0 bridgehead atoms. The van der Waals surface area contributed by atoms with Gasteiger partial charge in [0.15, 0.2) is 0 Å². The number of nitrogens with one attached hydrogen (secondary N) is 1. The number of rotatable bonds is 21. The van der Waals surface area contributed by atoms with Crippen molar-refractivity contribution < 1.29 is 18.2 Å². The third-order valence-corrected chi connectivity index (χ3v) is 5.65. The smallest absolute Gasteiger partial charge is 0.286 e. The van der Waals surface area contributed by atoms with Crippen LogP contribution in [0.3, 0.4) is 0 Å². The maximum Gasteiger partial charge on any atom is 0.491 e. The van der Waals surface area contributed by atoms with Crippen LogP contribution >= 0.6 is 7.82 Å². The second kappa shape index (κ2) is 19.8. The van der Waals surface area contributed by atoms with Crippen LogP contribution < -0.4 is 5.48 Å². The molecular formula is C20H44NO4P. The average molecular weight is 394 g/mol. The van der Waals surface area contributed by atoms with Crippen molar-refractivity contribution in [2.75, 3.05) is 19.8 Å². The maximum absolute atomic E-state index is 12.5. The molecule has 0 unspecified atom stereocenters. The van der Waals surface area contributed by atoms with Crippen molar-refractivity contribution in [2.45, 2.75) is 111 Å². The molecule has 0 saturated carbocycles. The molecule has 6 heteroatoms. The van der Waals surface area contributed by atoms with Gasteiger partial charge < -0.3 is 0 Å². The van der Waals surface area contributed by atoms with Gasteiger partial charge in [0.25, 0.3) is 0 Å². The summed E-state index contributed by atoms with van der Waals surface area (Å²) in [5, 5.41) is 0. The van der Waals surface area contributed by atoms with Gasteiger partial charge in [0, 0.05) is 6.54 Å². The number of hydroxylamine groups is 1. The SMILES string of the molecule is CCCCCCCCCCCCNOP(=O)(OCCCC)OCCCC. The maximum atomic E-state index is 12.5. The van der Waals surface area contributed by atoms with Gasteiger partial charge in [0.05, 0.1) is 13.2 Å². The molecule has 5 nitrogen and oxygen atoms in total. The van der Waals surface area contributed by atoms with Crippen LogP contribution in [0, 0.1) is 0 Å². The molecule has 0 aromatic carbocycles. The third kappa shape index (κ3) is 17.5. The molecule has 158 valence electrons. The fourth-order valence-electron chi connectivity index (χ4n) is 2.54. The van der Waals surface area contributed by atoms with Crippen molar-refractivity contribution in [3.8, 4) is 0 Å². The lowest BCUT2D eigenvalue weighted by Crippen LogP contribution is -2.17. The van der Waals surface area contributed by atoms with E-state index < -0.39 is 7.82 Å². The zero-order valence-corrected chi connectivity index (χ0v) is 18.5. The summed E-state index contributed by atoms with van der Waals surface area (Å²) in [5.41, 5.74) is 2.79. The second-order valence-electron chi connectivity index (χ2n) is 6.99. The van der Waals surface area contributed by atoms with Gasteiger partial charge in [-0.05, 0) is 19.3 Å². The minimum atomic E-state index is -3.47. The summed E-state index contributed by atoms with van der Waals surface area (Å²) < 4.78 is 28.5. The third-order valence-electron chi connectivity index (χ3n) is 4.30. The first-order valence-corrected chi connectivity index (χ1v) is 12.4. The average Bonchev–Trinajstić information content (AvgIpc) is 2.63. The summed E-state index contributed by atoms with van der Waals surface area (Å²) in [6, 6.07) is 0. The van der Waals surface area contributed by atoms with Gasteiger partial charge in [0.1, 0.15) is 0 Å². The van der Waals surface area contributed by atoms with E-state index >= 15 is 0 Å². The van der Waals surface area contributed by atoms with Crippen molar-refractivity contribution in [2.24, 2.45) is 0 Å². The van der Waals surface area contributed by atoms with Crippen LogP contribution in [-0.4, -0.2) is 19.8 Å². The summed E-state index contributed by atoms with van der Waals surface area (Å²) >= 11 is 0. The molecule has 0 saturated heterocycles. The van der Waals surface area contributed by atoms with E-state index in [-0.39, 0.29) is 0 Å². The highest BCUT2D eigenvalue weighted by Crippen LogP contribution is 2.48. The van der Waals surface area contributed by atoms with Gasteiger partial charge in [0.2, 0.25) is 0 Å². The highest BCUT2D eigenvalue weighted by molar-refractivity contribution is 7.48. The van der Waals surface area contributed by atoms with E-state index in [1.807, 2.05) is 0 Å². The molecule has 26 heavy (non-hydrogen) atoms. The Balaban J connectivity index is 3.66. The fourth-order valence-corrected chi connectivity index (χ4v) is 3.68. The Hall–Kier alpha value is 0.0700. The Morgan fingerprint density at radius 1 is 0.615 bits per heavy atom. The predicted molar refractivity (Wildman–Crippen MR) is 110 cm³/mol. The number of phosphoric acid groups is 1. The molecule has 0 radical (unpaired) electrons. The molecule has 0 rings (SSSR count). The molecule has 0 aliphatic carbocycles. The predicted octanol–water partition coefficient (Wildman–Crippen LogP) is 7.17. The van der Waals surface area contributed by atoms with Crippen LogP contribution in [0.15, 0.2) is 0 Å². The van der Waals surface area contributed by atoms with Crippen molar-refractivity contribution >= 4 is 7.82 Å². The zero-order chi connectivity index (χ0) is 19.3. The quantitative estimate of drug-likeness (QED) is 0.127. The Labute approximate surface area is 162 Å². The first-order valence-electron chi connectivity index (χ1n) is 11.0. The van der Waals surface area contributed by atoms with Gasteiger partial charge in [-0.3, -0.25) is 9.05 Å². The number of hydrogen-bond acceptors (Lipinski definition) is 5. The molecule has 0 atom stereocenters. The van der Waals surface area contributed by atoms with E-state index in [1.165, 1.54) is 57.8 Å². The minimum Gasteiger partial charge on any atom is -0.286 e. The summed E-state index contributed by atoms with van der Waals surface area (Å²) in [7, 11) is -3.47. The highest BCUT2D eigenvalue weighted by atomic mass is 31.2. The highest BCUT2D eigenvalue weighted by Gasteiger charge is 2.26. The summed E-state index contributed by atoms with van der Waals surface area (Å²) in [4.78, 5) is 0. The number of phosphoric ester groups is 1. The lowest BCUT2D eigenvalue weighted by atomic mass is 10.1. The van der Waals surface area contributed by atoms with Crippen LogP contribution in [-0.2, 0) is 18.2 Å². The molecule has 0 heterocycles. The number of unbranched alkanes of at least 4 members (excludes halogenated alkanes) is 11. The normalized spacial score (nSPS) is 12.0. The first kappa shape index (κ1) is 26.1. The van der Waals surface area contributed by atoms with Crippen molar-refractivity contribution in [3.05, 3.63) is 0 Å². The summed E-state index contributed by atoms with van der Waals surface area (Å²) in [5.74, 6) is 0. The number of hydrogen-bond donors (Lipinski definition) is 1. The largest absolute Gasteiger partial charge is 0.491 e. The monoisotopic (exact) mass is 393 g/mol. The van der Waals surface area contributed by atoms with E-state index in [4.69, 9.17) is 13.7 Å². The Kier molecular flexibility index (Phi) is 19.9. The molecule has 0 aliphatic heterocycles. The molecule has 0 aromatic rings. The van der Waals surface area contributed by atoms with Crippen molar-refractivity contribution in [1.82, 2.24) is 5.48 Å². The van der Waals surface area contributed by atoms with Crippen LogP contribution in [0.25, 0.3) is 0 Å². The Morgan fingerprint density at radius 3 is 1.50 bits per heavy atom. The van der Waals surface area contributed by atoms with E-state index in [0.29, 0.717) is 19.8 Å².